The fraction of sp³-hybridized carbons (Fsp3) is 0.105. The number of hydrogen-bond donors (Lipinski definition) is 2. The molecule has 0 bridgehead atoms. The molecule has 0 spiro atoms. The maximum Gasteiger partial charge on any atom is 0.305 e. The molecule has 5 nitrogen and oxygen atoms in total. The van der Waals surface area contributed by atoms with Gasteiger partial charge in [0, 0.05) is 21.0 Å². The van der Waals surface area contributed by atoms with Crippen molar-refractivity contribution in [1.29, 1.82) is 0 Å². The van der Waals surface area contributed by atoms with Crippen molar-refractivity contribution < 1.29 is 14.7 Å². The standard InChI is InChI=1S/C19H14Cl2N2O3S/c20-13-5-1-3-11(7-13)15(9-17(24)25)22-18(26)16-10-27-19(23-16)12-4-2-6-14(21)8-12/h1-8,10,15H,9H2,(H,22,26)(H,24,25)/t15-/m0/s1. The zero-order chi connectivity index (χ0) is 19.4. The first-order chi connectivity index (χ1) is 12.9. The van der Waals surface area contributed by atoms with Crippen LogP contribution in [-0.2, 0) is 4.79 Å². The summed E-state index contributed by atoms with van der Waals surface area (Å²) in [5, 5.41) is 15.2. The van der Waals surface area contributed by atoms with E-state index in [-0.39, 0.29) is 12.1 Å². The number of benzene rings is 2. The van der Waals surface area contributed by atoms with Gasteiger partial charge in [-0.1, -0.05) is 47.5 Å². The maximum absolute atomic E-state index is 12.6. The molecule has 1 amide bonds. The number of nitrogens with one attached hydrogen (secondary N) is 1. The summed E-state index contributed by atoms with van der Waals surface area (Å²) in [5.74, 6) is -1.48. The smallest absolute Gasteiger partial charge is 0.305 e. The van der Waals surface area contributed by atoms with Crippen molar-refractivity contribution in [2.75, 3.05) is 0 Å². The van der Waals surface area contributed by atoms with E-state index in [2.05, 4.69) is 10.3 Å². The van der Waals surface area contributed by atoms with Gasteiger partial charge in [0.25, 0.3) is 5.91 Å². The normalized spacial score (nSPS) is 11.8. The van der Waals surface area contributed by atoms with Crippen LogP contribution < -0.4 is 5.32 Å². The van der Waals surface area contributed by atoms with E-state index in [9.17, 15) is 9.59 Å². The largest absolute Gasteiger partial charge is 0.481 e. The third-order valence-corrected chi connectivity index (χ3v) is 5.11. The fourth-order valence-electron chi connectivity index (χ4n) is 2.51. The molecule has 1 heterocycles. The average molecular weight is 421 g/mol. The number of carbonyl (C=O) groups is 2. The number of carboxylic acid groups (broad SMARTS) is 1. The number of hydrogen-bond acceptors (Lipinski definition) is 4. The number of nitrogens with zero attached hydrogens (tertiary/aromatic N) is 1. The summed E-state index contributed by atoms with van der Waals surface area (Å²) < 4.78 is 0. The van der Waals surface area contributed by atoms with Crippen LogP contribution in [-0.4, -0.2) is 22.0 Å². The molecular formula is C19H14Cl2N2O3S. The summed E-state index contributed by atoms with van der Waals surface area (Å²) in [6.07, 6.45) is -0.266. The Morgan fingerprint density at radius 1 is 1.11 bits per heavy atom. The number of thiazole rings is 1. The highest BCUT2D eigenvalue weighted by Crippen LogP contribution is 2.27. The highest BCUT2D eigenvalue weighted by Gasteiger charge is 2.21. The number of aliphatic carboxylic acids is 1. The number of carbonyl (C=O) groups excluding carboxylic acids is 1. The van der Waals surface area contributed by atoms with Gasteiger partial charge >= 0.3 is 5.97 Å². The molecule has 0 fully saturated rings. The van der Waals surface area contributed by atoms with E-state index in [0.29, 0.717) is 20.6 Å². The Balaban J connectivity index is 1.81. The molecule has 1 aromatic heterocycles. The lowest BCUT2D eigenvalue weighted by Gasteiger charge is -2.17. The zero-order valence-corrected chi connectivity index (χ0v) is 16.2. The Bertz CT molecular complexity index is 990. The van der Waals surface area contributed by atoms with Crippen molar-refractivity contribution in [3.63, 3.8) is 0 Å². The van der Waals surface area contributed by atoms with E-state index in [0.717, 1.165) is 5.56 Å². The average Bonchev–Trinajstić information content (AvgIpc) is 3.11. The van der Waals surface area contributed by atoms with Crippen molar-refractivity contribution >= 4 is 46.4 Å². The summed E-state index contributed by atoms with van der Waals surface area (Å²) in [5.41, 5.74) is 1.64. The first-order valence-corrected chi connectivity index (χ1v) is 9.55. The van der Waals surface area contributed by atoms with E-state index in [1.807, 2.05) is 6.07 Å². The number of halogens is 2. The number of rotatable bonds is 6. The van der Waals surface area contributed by atoms with Crippen molar-refractivity contribution in [3.05, 3.63) is 75.2 Å². The van der Waals surface area contributed by atoms with E-state index >= 15 is 0 Å². The predicted molar refractivity (Wildman–Crippen MR) is 106 cm³/mol. The quantitative estimate of drug-likeness (QED) is 0.583. The lowest BCUT2D eigenvalue weighted by atomic mass is 10.0. The lowest BCUT2D eigenvalue weighted by Crippen LogP contribution is -2.30. The molecule has 3 aromatic rings. The van der Waals surface area contributed by atoms with Crippen LogP contribution in [0, 0.1) is 0 Å². The second kappa shape index (κ2) is 8.52. The van der Waals surface area contributed by atoms with Crippen LogP contribution in [0.2, 0.25) is 10.0 Å². The van der Waals surface area contributed by atoms with Crippen molar-refractivity contribution in [2.24, 2.45) is 0 Å². The van der Waals surface area contributed by atoms with E-state index in [4.69, 9.17) is 28.3 Å². The molecule has 8 heteroatoms. The van der Waals surface area contributed by atoms with Gasteiger partial charge in [0.05, 0.1) is 12.5 Å². The summed E-state index contributed by atoms with van der Waals surface area (Å²) in [6.45, 7) is 0. The molecule has 1 atom stereocenters. The lowest BCUT2D eigenvalue weighted by molar-refractivity contribution is -0.137. The number of carboxylic acids is 1. The summed E-state index contributed by atoms with van der Waals surface area (Å²) >= 11 is 13.3. The monoisotopic (exact) mass is 420 g/mol. The highest BCUT2D eigenvalue weighted by atomic mass is 35.5. The van der Waals surface area contributed by atoms with E-state index in [1.165, 1.54) is 11.3 Å². The van der Waals surface area contributed by atoms with Crippen LogP contribution in [0.4, 0.5) is 0 Å². The van der Waals surface area contributed by atoms with Crippen molar-refractivity contribution in [1.82, 2.24) is 10.3 Å². The molecule has 0 saturated heterocycles. The Labute approximate surface area is 169 Å². The van der Waals surface area contributed by atoms with Crippen LogP contribution in [0.3, 0.4) is 0 Å². The van der Waals surface area contributed by atoms with Crippen LogP contribution in [0.25, 0.3) is 10.6 Å². The molecule has 2 aromatic carbocycles. The second-order valence-corrected chi connectivity index (χ2v) is 7.46. The van der Waals surface area contributed by atoms with Gasteiger partial charge in [-0.05, 0) is 29.8 Å². The molecule has 0 unspecified atom stereocenters. The van der Waals surface area contributed by atoms with Gasteiger partial charge in [0.1, 0.15) is 10.7 Å². The number of amides is 1. The van der Waals surface area contributed by atoms with Gasteiger partial charge in [0.2, 0.25) is 0 Å². The minimum atomic E-state index is -1.03. The summed E-state index contributed by atoms with van der Waals surface area (Å²) in [6, 6.07) is 13.2. The van der Waals surface area contributed by atoms with Crippen LogP contribution in [0.15, 0.2) is 53.9 Å². The molecular weight excluding hydrogens is 407 g/mol. The molecule has 0 aliphatic carbocycles. The molecule has 0 radical (unpaired) electrons. The molecule has 27 heavy (non-hydrogen) atoms. The molecule has 138 valence electrons. The van der Waals surface area contributed by atoms with Gasteiger partial charge in [-0.3, -0.25) is 9.59 Å². The summed E-state index contributed by atoms with van der Waals surface area (Å²) in [4.78, 5) is 28.1. The van der Waals surface area contributed by atoms with Crippen LogP contribution in [0.5, 0.6) is 0 Å². The van der Waals surface area contributed by atoms with Gasteiger partial charge in [-0.25, -0.2) is 4.98 Å². The molecule has 0 saturated carbocycles. The zero-order valence-electron chi connectivity index (χ0n) is 13.9. The maximum atomic E-state index is 12.6. The third kappa shape index (κ3) is 5.07. The van der Waals surface area contributed by atoms with E-state index < -0.39 is 17.9 Å². The Morgan fingerprint density at radius 2 is 1.81 bits per heavy atom. The fourth-order valence-corrected chi connectivity index (χ4v) is 3.70. The molecule has 2 N–H and O–H groups in total. The van der Waals surface area contributed by atoms with Gasteiger partial charge < -0.3 is 10.4 Å². The summed E-state index contributed by atoms with van der Waals surface area (Å²) in [7, 11) is 0. The van der Waals surface area contributed by atoms with E-state index in [1.54, 1.807) is 47.8 Å². The first-order valence-electron chi connectivity index (χ1n) is 7.92. The molecule has 0 aliphatic rings. The Hall–Kier alpha value is -2.41. The van der Waals surface area contributed by atoms with Crippen molar-refractivity contribution in [2.45, 2.75) is 12.5 Å². The minimum Gasteiger partial charge on any atom is -0.481 e. The molecule has 3 rings (SSSR count). The van der Waals surface area contributed by atoms with Crippen LogP contribution in [0.1, 0.15) is 28.5 Å². The van der Waals surface area contributed by atoms with Gasteiger partial charge in [-0.2, -0.15) is 0 Å². The van der Waals surface area contributed by atoms with Crippen LogP contribution >= 0.6 is 34.5 Å². The molecule has 0 aliphatic heterocycles. The van der Waals surface area contributed by atoms with Crippen molar-refractivity contribution in [3.8, 4) is 10.6 Å². The highest BCUT2D eigenvalue weighted by molar-refractivity contribution is 7.13. The third-order valence-electron chi connectivity index (χ3n) is 3.74. The van der Waals surface area contributed by atoms with Gasteiger partial charge in [-0.15, -0.1) is 11.3 Å². The number of aromatic nitrogens is 1. The topological polar surface area (TPSA) is 79.3 Å². The SMILES string of the molecule is O=C(O)C[C@H](NC(=O)c1csc(-c2cccc(Cl)c2)n1)c1cccc(Cl)c1. The first kappa shape index (κ1) is 19.4. The predicted octanol–water partition coefficient (Wildman–Crippen LogP) is 5.06. The minimum absolute atomic E-state index is 0.215. The Kier molecular flexibility index (Phi) is 6.11. The Morgan fingerprint density at radius 3 is 2.48 bits per heavy atom. The second-order valence-electron chi connectivity index (χ2n) is 5.73. The van der Waals surface area contributed by atoms with Gasteiger partial charge in [0.15, 0.2) is 0 Å².